The fraction of sp³-hybridized carbons (Fsp3) is 0.333. The van der Waals surface area contributed by atoms with E-state index in [1.807, 2.05) is 6.08 Å². The van der Waals surface area contributed by atoms with Crippen molar-refractivity contribution in [3.63, 3.8) is 0 Å². The minimum atomic E-state index is -0.708. The van der Waals surface area contributed by atoms with Gasteiger partial charge in [0.15, 0.2) is 5.76 Å². The molecule has 2 aliphatic carbocycles. The molecule has 0 fully saturated rings. The molecule has 0 amide bonds. The van der Waals surface area contributed by atoms with Crippen LogP contribution < -0.4 is 0 Å². The normalized spacial score (nSPS) is 26.0. The molecule has 0 radical (unpaired) electrons. The Hall–Kier alpha value is -1.00. The van der Waals surface area contributed by atoms with E-state index in [0.717, 1.165) is 6.42 Å². The summed E-state index contributed by atoms with van der Waals surface area (Å²) in [6.45, 7) is 0. The SMILES string of the molecule is OC1=C(O)CCC=C1.OC1C=CC=CC1O.[Fe]. The average molecular weight is 280 g/mol. The van der Waals surface area contributed by atoms with E-state index in [1.54, 1.807) is 24.3 Å². The third-order valence-electron chi connectivity index (χ3n) is 2.20. The first-order valence-corrected chi connectivity index (χ1v) is 5.10. The fourth-order valence-electron chi connectivity index (χ4n) is 1.22. The molecule has 0 saturated carbocycles. The zero-order valence-electron chi connectivity index (χ0n) is 9.18. The Labute approximate surface area is 111 Å². The van der Waals surface area contributed by atoms with Crippen molar-refractivity contribution in [2.24, 2.45) is 0 Å². The van der Waals surface area contributed by atoms with Crippen molar-refractivity contribution in [1.82, 2.24) is 0 Å². The van der Waals surface area contributed by atoms with Crippen molar-refractivity contribution in [3.8, 4) is 0 Å². The van der Waals surface area contributed by atoms with Gasteiger partial charge >= 0.3 is 0 Å². The standard InChI is InChI=1S/2C6H8O2.Fe/c2*7-5-3-1-2-4-6(5)8;/h1,3,7-8H,2,4H2;1-8H;. The van der Waals surface area contributed by atoms with Gasteiger partial charge in [-0.3, -0.25) is 0 Å². The Morgan fingerprint density at radius 1 is 1.00 bits per heavy atom. The van der Waals surface area contributed by atoms with Crippen LogP contribution in [0.4, 0.5) is 0 Å². The number of rotatable bonds is 0. The molecule has 4 nitrogen and oxygen atoms in total. The average Bonchev–Trinajstić information content (AvgIpc) is 2.28. The molecule has 0 aromatic carbocycles. The van der Waals surface area contributed by atoms with Crippen LogP contribution in [0.1, 0.15) is 12.8 Å². The number of hydrogen-bond donors (Lipinski definition) is 4. The summed E-state index contributed by atoms with van der Waals surface area (Å²) in [5, 5.41) is 35.1. The van der Waals surface area contributed by atoms with Gasteiger partial charge in [-0.15, -0.1) is 0 Å². The monoisotopic (exact) mass is 280 g/mol. The second-order valence-corrected chi connectivity index (χ2v) is 3.52. The van der Waals surface area contributed by atoms with Gasteiger partial charge in [0, 0.05) is 23.5 Å². The Morgan fingerprint density at radius 2 is 1.53 bits per heavy atom. The van der Waals surface area contributed by atoms with Gasteiger partial charge in [0.2, 0.25) is 0 Å². The molecule has 2 unspecified atom stereocenters. The summed E-state index contributed by atoms with van der Waals surface area (Å²) in [4.78, 5) is 0. The Bertz CT molecular complexity index is 328. The minimum absolute atomic E-state index is 0. The van der Waals surface area contributed by atoms with Crippen LogP contribution in [-0.4, -0.2) is 32.6 Å². The molecule has 0 aromatic heterocycles. The van der Waals surface area contributed by atoms with Gasteiger partial charge < -0.3 is 20.4 Å². The van der Waals surface area contributed by atoms with E-state index in [0.29, 0.717) is 6.42 Å². The molecule has 0 aliphatic heterocycles. The van der Waals surface area contributed by atoms with Crippen LogP contribution in [0.15, 0.2) is 48.0 Å². The van der Waals surface area contributed by atoms with Gasteiger partial charge in [0.1, 0.15) is 18.0 Å². The Morgan fingerprint density at radius 3 is 1.82 bits per heavy atom. The zero-order chi connectivity index (χ0) is 12.0. The first-order valence-electron chi connectivity index (χ1n) is 5.10. The van der Waals surface area contributed by atoms with Gasteiger partial charge in [-0.2, -0.15) is 0 Å². The van der Waals surface area contributed by atoms with Crippen molar-refractivity contribution in [3.05, 3.63) is 48.0 Å². The van der Waals surface area contributed by atoms with E-state index >= 15 is 0 Å². The number of hydrogen-bond acceptors (Lipinski definition) is 4. The molecule has 2 aliphatic rings. The van der Waals surface area contributed by atoms with Crippen molar-refractivity contribution in [2.45, 2.75) is 25.0 Å². The molecule has 4 N–H and O–H groups in total. The molecule has 0 heterocycles. The van der Waals surface area contributed by atoms with Crippen molar-refractivity contribution in [2.75, 3.05) is 0 Å². The summed E-state index contributed by atoms with van der Waals surface area (Å²) in [5.74, 6) is 0.115. The smallest absolute Gasteiger partial charge is 0.152 e. The van der Waals surface area contributed by atoms with E-state index in [4.69, 9.17) is 20.4 Å². The second kappa shape index (κ2) is 8.14. The second-order valence-electron chi connectivity index (χ2n) is 3.52. The van der Waals surface area contributed by atoms with Gasteiger partial charge in [0.25, 0.3) is 0 Å². The number of allylic oxidation sites excluding steroid dienone is 5. The van der Waals surface area contributed by atoms with E-state index in [2.05, 4.69) is 0 Å². The molecule has 2 atom stereocenters. The molecule has 0 saturated heterocycles. The van der Waals surface area contributed by atoms with Gasteiger partial charge in [0.05, 0.1) is 0 Å². The Kier molecular flexibility index (Phi) is 7.66. The molecule has 17 heavy (non-hydrogen) atoms. The molecular formula is C12H16FeO4. The number of aliphatic hydroxyl groups excluding tert-OH is 4. The van der Waals surface area contributed by atoms with Crippen LogP contribution in [-0.2, 0) is 17.1 Å². The van der Waals surface area contributed by atoms with Gasteiger partial charge in [-0.1, -0.05) is 30.4 Å². The van der Waals surface area contributed by atoms with Crippen LogP contribution in [0, 0.1) is 0 Å². The summed E-state index contributed by atoms with van der Waals surface area (Å²) < 4.78 is 0. The predicted octanol–water partition coefficient (Wildman–Crippen LogP) is 1.50. The van der Waals surface area contributed by atoms with Crippen molar-refractivity contribution in [1.29, 1.82) is 0 Å². The van der Waals surface area contributed by atoms with Gasteiger partial charge in [-0.05, 0) is 12.5 Å². The summed E-state index contributed by atoms with van der Waals surface area (Å²) >= 11 is 0. The molecule has 0 aromatic rings. The number of aliphatic hydroxyl groups is 4. The van der Waals surface area contributed by atoms with Crippen LogP contribution in [0.2, 0.25) is 0 Å². The van der Waals surface area contributed by atoms with Crippen molar-refractivity contribution < 1.29 is 37.5 Å². The predicted molar refractivity (Wildman–Crippen MR) is 61.0 cm³/mol. The van der Waals surface area contributed by atoms with Crippen LogP contribution >= 0.6 is 0 Å². The quantitative estimate of drug-likeness (QED) is 0.507. The Balaban J connectivity index is 0.000000284. The van der Waals surface area contributed by atoms with Gasteiger partial charge in [-0.25, -0.2) is 0 Å². The summed E-state index contributed by atoms with van der Waals surface area (Å²) in [7, 11) is 0. The fourth-order valence-corrected chi connectivity index (χ4v) is 1.22. The summed E-state index contributed by atoms with van der Waals surface area (Å²) in [6, 6.07) is 0. The summed E-state index contributed by atoms with van der Waals surface area (Å²) in [5.41, 5.74) is 0. The molecule has 0 spiro atoms. The third kappa shape index (κ3) is 5.75. The summed E-state index contributed by atoms with van der Waals surface area (Å²) in [6.07, 6.45) is 9.83. The molecule has 0 bridgehead atoms. The zero-order valence-corrected chi connectivity index (χ0v) is 10.3. The van der Waals surface area contributed by atoms with Crippen LogP contribution in [0.25, 0.3) is 0 Å². The first kappa shape index (κ1) is 16.0. The minimum Gasteiger partial charge on any atom is -0.508 e. The topological polar surface area (TPSA) is 80.9 Å². The molecule has 2 rings (SSSR count). The third-order valence-corrected chi connectivity index (χ3v) is 2.20. The maximum Gasteiger partial charge on any atom is 0.152 e. The molecule has 96 valence electrons. The van der Waals surface area contributed by atoms with E-state index in [1.165, 1.54) is 6.08 Å². The van der Waals surface area contributed by atoms with E-state index < -0.39 is 12.2 Å². The van der Waals surface area contributed by atoms with E-state index in [9.17, 15) is 0 Å². The molecular weight excluding hydrogens is 264 g/mol. The van der Waals surface area contributed by atoms with E-state index in [-0.39, 0.29) is 28.6 Å². The first-order chi connectivity index (χ1) is 7.61. The maximum absolute atomic E-state index is 8.79. The van der Waals surface area contributed by atoms with Crippen molar-refractivity contribution >= 4 is 0 Å². The van der Waals surface area contributed by atoms with Crippen LogP contribution in [0.5, 0.6) is 0 Å². The largest absolute Gasteiger partial charge is 0.508 e. The maximum atomic E-state index is 8.79. The molecule has 5 heteroatoms. The van der Waals surface area contributed by atoms with Crippen LogP contribution in [0.3, 0.4) is 0 Å².